The van der Waals surface area contributed by atoms with Gasteiger partial charge in [-0.3, -0.25) is 4.79 Å². The first-order chi connectivity index (χ1) is 12.9. The van der Waals surface area contributed by atoms with E-state index in [1.54, 1.807) is 18.2 Å². The van der Waals surface area contributed by atoms with Gasteiger partial charge in [-0.2, -0.15) is 0 Å². The second kappa shape index (κ2) is 9.59. The summed E-state index contributed by atoms with van der Waals surface area (Å²) >= 11 is 5.74. The van der Waals surface area contributed by atoms with E-state index < -0.39 is 24.3 Å². The van der Waals surface area contributed by atoms with Crippen LogP contribution in [0.2, 0.25) is 5.02 Å². The van der Waals surface area contributed by atoms with E-state index in [1.165, 1.54) is 32.4 Å². The van der Waals surface area contributed by atoms with Gasteiger partial charge in [0.25, 0.3) is 5.91 Å². The molecule has 27 heavy (non-hydrogen) atoms. The zero-order valence-electron chi connectivity index (χ0n) is 14.6. The lowest BCUT2D eigenvalue weighted by Crippen LogP contribution is -2.20. The smallest absolute Gasteiger partial charge is 0.331 e. The average Bonchev–Trinajstić information content (AvgIpc) is 2.67. The fraction of sp³-hybridized carbons (Fsp3) is 0.158. The van der Waals surface area contributed by atoms with Crippen LogP contribution in [0.3, 0.4) is 0 Å². The fourth-order valence-electron chi connectivity index (χ4n) is 2.09. The van der Waals surface area contributed by atoms with Crippen molar-refractivity contribution < 1.29 is 28.2 Å². The topological polar surface area (TPSA) is 73.9 Å². The van der Waals surface area contributed by atoms with Gasteiger partial charge in [-0.05, 0) is 42.5 Å². The van der Waals surface area contributed by atoms with Crippen LogP contribution >= 0.6 is 11.6 Å². The number of ether oxygens (including phenoxy) is 3. The maximum Gasteiger partial charge on any atom is 0.331 e. The molecule has 2 rings (SSSR count). The summed E-state index contributed by atoms with van der Waals surface area (Å²) in [6, 6.07) is 8.81. The number of carbonyl (C=O) groups is 2. The molecule has 0 aliphatic heterocycles. The largest absolute Gasteiger partial charge is 0.497 e. The molecule has 0 aromatic heterocycles. The lowest BCUT2D eigenvalue weighted by atomic mass is 10.1. The monoisotopic (exact) mass is 393 g/mol. The Balaban J connectivity index is 1.93. The molecule has 6 nitrogen and oxygen atoms in total. The molecule has 0 radical (unpaired) electrons. The molecule has 1 amide bonds. The van der Waals surface area contributed by atoms with Gasteiger partial charge in [0.1, 0.15) is 17.3 Å². The quantitative estimate of drug-likeness (QED) is 0.573. The number of anilines is 1. The zero-order chi connectivity index (χ0) is 19.8. The van der Waals surface area contributed by atoms with Gasteiger partial charge in [0.05, 0.1) is 19.9 Å². The van der Waals surface area contributed by atoms with Gasteiger partial charge in [-0.1, -0.05) is 11.6 Å². The zero-order valence-corrected chi connectivity index (χ0v) is 15.4. The third kappa shape index (κ3) is 6.00. The molecular formula is C19H17ClFNO5. The Morgan fingerprint density at radius 3 is 2.63 bits per heavy atom. The molecule has 0 bridgehead atoms. The Bertz CT molecular complexity index is 869. The molecule has 0 saturated carbocycles. The van der Waals surface area contributed by atoms with Crippen LogP contribution in [0, 0.1) is 5.82 Å². The van der Waals surface area contributed by atoms with Crippen molar-refractivity contribution in [1.29, 1.82) is 0 Å². The van der Waals surface area contributed by atoms with E-state index in [9.17, 15) is 14.0 Å². The third-order valence-electron chi connectivity index (χ3n) is 3.38. The number of hydrogen-bond acceptors (Lipinski definition) is 5. The summed E-state index contributed by atoms with van der Waals surface area (Å²) in [6.07, 6.45) is 2.61. The molecule has 1 N–H and O–H groups in total. The molecule has 0 aliphatic carbocycles. The van der Waals surface area contributed by atoms with E-state index >= 15 is 0 Å². The second-order valence-corrected chi connectivity index (χ2v) is 5.66. The number of amides is 1. The van der Waals surface area contributed by atoms with Crippen molar-refractivity contribution in [2.45, 2.75) is 0 Å². The number of carbonyl (C=O) groups excluding carboxylic acids is 2. The van der Waals surface area contributed by atoms with Crippen LogP contribution in [-0.2, 0) is 14.3 Å². The van der Waals surface area contributed by atoms with E-state index in [0.29, 0.717) is 17.1 Å². The number of halogens is 2. The van der Waals surface area contributed by atoms with Crippen LogP contribution in [0.25, 0.3) is 6.08 Å². The van der Waals surface area contributed by atoms with Crippen molar-refractivity contribution in [3.63, 3.8) is 0 Å². The van der Waals surface area contributed by atoms with Crippen LogP contribution in [0.5, 0.6) is 11.5 Å². The summed E-state index contributed by atoms with van der Waals surface area (Å²) in [4.78, 5) is 23.6. The number of benzene rings is 2. The average molecular weight is 394 g/mol. The molecule has 2 aromatic carbocycles. The Labute approximate surface area is 160 Å². The lowest BCUT2D eigenvalue weighted by molar-refractivity contribution is -0.142. The first-order valence-corrected chi connectivity index (χ1v) is 8.12. The van der Waals surface area contributed by atoms with Gasteiger partial charge >= 0.3 is 5.97 Å². The summed E-state index contributed by atoms with van der Waals surface area (Å²) < 4.78 is 28.7. The predicted molar refractivity (Wildman–Crippen MR) is 99.6 cm³/mol. The summed E-state index contributed by atoms with van der Waals surface area (Å²) in [6.45, 7) is -0.579. The van der Waals surface area contributed by atoms with Crippen molar-refractivity contribution in [2.75, 3.05) is 26.1 Å². The van der Waals surface area contributed by atoms with E-state index in [-0.39, 0.29) is 10.7 Å². The Kier molecular flexibility index (Phi) is 7.19. The highest BCUT2D eigenvalue weighted by molar-refractivity contribution is 6.30. The molecule has 2 aromatic rings. The normalized spacial score (nSPS) is 10.5. The molecule has 0 saturated heterocycles. The van der Waals surface area contributed by atoms with Gasteiger partial charge in [-0.15, -0.1) is 0 Å². The summed E-state index contributed by atoms with van der Waals surface area (Å²) in [5, 5.41) is 2.54. The summed E-state index contributed by atoms with van der Waals surface area (Å²) in [5.74, 6) is -0.969. The predicted octanol–water partition coefficient (Wildman–Crippen LogP) is 3.69. The summed E-state index contributed by atoms with van der Waals surface area (Å²) in [5.41, 5.74) is 0.499. The van der Waals surface area contributed by atoms with Crippen molar-refractivity contribution in [1.82, 2.24) is 0 Å². The summed E-state index contributed by atoms with van der Waals surface area (Å²) in [7, 11) is 3.02. The number of rotatable bonds is 7. The van der Waals surface area contributed by atoms with Gasteiger partial charge in [-0.25, -0.2) is 9.18 Å². The van der Waals surface area contributed by atoms with Crippen LogP contribution in [0.4, 0.5) is 10.1 Å². The van der Waals surface area contributed by atoms with Gasteiger partial charge in [0, 0.05) is 16.7 Å². The van der Waals surface area contributed by atoms with Crippen LogP contribution in [0.1, 0.15) is 5.56 Å². The maximum atomic E-state index is 13.6. The van der Waals surface area contributed by atoms with Crippen molar-refractivity contribution >= 4 is 35.2 Å². The maximum absolute atomic E-state index is 13.6. The number of methoxy groups -OCH3 is 2. The third-order valence-corrected chi connectivity index (χ3v) is 3.62. The van der Waals surface area contributed by atoms with E-state index in [4.69, 9.17) is 25.8 Å². The van der Waals surface area contributed by atoms with Crippen molar-refractivity contribution in [3.05, 3.63) is 58.9 Å². The Morgan fingerprint density at radius 1 is 1.15 bits per heavy atom. The first kappa shape index (κ1) is 20.3. The Hall–Kier alpha value is -3.06. The highest BCUT2D eigenvalue weighted by atomic mass is 35.5. The minimum atomic E-state index is -0.749. The number of nitrogens with one attached hydrogen (secondary N) is 1. The molecule has 0 aliphatic rings. The van der Waals surface area contributed by atoms with Gasteiger partial charge < -0.3 is 19.5 Å². The van der Waals surface area contributed by atoms with Crippen LogP contribution in [-0.4, -0.2) is 32.7 Å². The fourth-order valence-corrected chi connectivity index (χ4v) is 2.26. The minimum Gasteiger partial charge on any atom is -0.497 e. The minimum absolute atomic E-state index is 0.0970. The van der Waals surface area contributed by atoms with Gasteiger partial charge in [0.15, 0.2) is 6.61 Å². The molecular weight excluding hydrogens is 377 g/mol. The van der Waals surface area contributed by atoms with Crippen LogP contribution < -0.4 is 14.8 Å². The highest BCUT2D eigenvalue weighted by Gasteiger charge is 2.10. The van der Waals surface area contributed by atoms with E-state index in [1.807, 2.05) is 0 Å². The van der Waals surface area contributed by atoms with E-state index in [0.717, 1.165) is 12.1 Å². The standard InChI is InChI=1S/C19H17ClFNO5/c1-25-14-5-7-17(26-2)12(9-14)3-8-19(24)27-11-18(23)22-16-10-13(20)4-6-15(16)21/h3-10H,11H2,1-2H3,(H,22,23)/b8-3+. The second-order valence-electron chi connectivity index (χ2n) is 5.22. The first-order valence-electron chi connectivity index (χ1n) is 7.74. The SMILES string of the molecule is COc1ccc(OC)c(/C=C/C(=O)OCC(=O)Nc2cc(Cl)ccc2F)c1. The van der Waals surface area contributed by atoms with Crippen LogP contribution in [0.15, 0.2) is 42.5 Å². The van der Waals surface area contributed by atoms with Crippen molar-refractivity contribution in [2.24, 2.45) is 0 Å². The number of esters is 1. The van der Waals surface area contributed by atoms with E-state index in [2.05, 4.69) is 5.32 Å². The lowest BCUT2D eigenvalue weighted by Gasteiger charge is -2.08. The highest BCUT2D eigenvalue weighted by Crippen LogP contribution is 2.25. The molecule has 0 atom stereocenters. The molecule has 8 heteroatoms. The Morgan fingerprint density at radius 2 is 1.93 bits per heavy atom. The number of hydrogen-bond donors (Lipinski definition) is 1. The molecule has 142 valence electrons. The molecule has 0 fully saturated rings. The van der Waals surface area contributed by atoms with Gasteiger partial charge in [0.2, 0.25) is 0 Å². The molecule has 0 spiro atoms. The van der Waals surface area contributed by atoms with Crippen molar-refractivity contribution in [3.8, 4) is 11.5 Å². The molecule has 0 unspecified atom stereocenters. The molecule has 0 heterocycles.